The summed E-state index contributed by atoms with van der Waals surface area (Å²) in [7, 11) is -4.06. The highest BCUT2D eigenvalue weighted by molar-refractivity contribution is 7.89. The van der Waals surface area contributed by atoms with Gasteiger partial charge in [0.2, 0.25) is 10.0 Å². The first-order valence-electron chi connectivity index (χ1n) is 5.68. The molecular formula is C12H13FN2O4S. The van der Waals surface area contributed by atoms with Crippen LogP contribution >= 0.6 is 0 Å². The van der Waals surface area contributed by atoms with Crippen molar-refractivity contribution in [2.24, 2.45) is 5.92 Å². The van der Waals surface area contributed by atoms with Gasteiger partial charge in [-0.3, -0.25) is 4.79 Å². The monoisotopic (exact) mass is 300 g/mol. The number of aliphatic carboxylic acids is 1. The normalized spacial score (nSPS) is 12.7. The predicted molar refractivity (Wildman–Crippen MR) is 67.7 cm³/mol. The molecule has 0 saturated carbocycles. The maximum Gasteiger partial charge on any atom is 0.303 e. The molecule has 1 unspecified atom stereocenters. The quantitative estimate of drug-likeness (QED) is 0.817. The summed E-state index contributed by atoms with van der Waals surface area (Å²) in [5.41, 5.74) is -0.564. The van der Waals surface area contributed by atoms with Gasteiger partial charge in [-0.1, -0.05) is 13.0 Å². The fourth-order valence-electron chi connectivity index (χ4n) is 1.54. The standard InChI is InChI=1S/C12H13FN2O4S/c1-8(5-12(16)17)7-15-20(18,19)11-4-2-3-10(13)9(11)6-14/h2-4,8,15H,5,7H2,1H3,(H,16,17). The lowest BCUT2D eigenvalue weighted by molar-refractivity contribution is -0.137. The number of carboxylic acid groups (broad SMARTS) is 1. The maximum absolute atomic E-state index is 13.4. The summed E-state index contributed by atoms with van der Waals surface area (Å²) in [6.07, 6.45) is -0.198. The molecule has 0 aliphatic carbocycles. The van der Waals surface area contributed by atoms with E-state index >= 15 is 0 Å². The molecule has 20 heavy (non-hydrogen) atoms. The average molecular weight is 300 g/mol. The van der Waals surface area contributed by atoms with Crippen LogP contribution in [-0.2, 0) is 14.8 Å². The summed E-state index contributed by atoms with van der Waals surface area (Å²) < 4.78 is 39.5. The van der Waals surface area contributed by atoms with E-state index in [1.807, 2.05) is 0 Å². The van der Waals surface area contributed by atoms with Crippen LogP contribution in [0.1, 0.15) is 18.9 Å². The minimum atomic E-state index is -4.06. The van der Waals surface area contributed by atoms with Crippen molar-refractivity contribution in [3.05, 3.63) is 29.6 Å². The summed E-state index contributed by atoms with van der Waals surface area (Å²) in [6, 6.07) is 4.80. The van der Waals surface area contributed by atoms with E-state index < -0.39 is 38.2 Å². The van der Waals surface area contributed by atoms with Gasteiger partial charge in [0.1, 0.15) is 22.3 Å². The molecule has 0 spiro atoms. The van der Waals surface area contributed by atoms with Crippen LogP contribution < -0.4 is 4.72 Å². The van der Waals surface area contributed by atoms with Gasteiger partial charge in [-0.2, -0.15) is 5.26 Å². The number of nitriles is 1. The van der Waals surface area contributed by atoms with Crippen LogP contribution in [0.3, 0.4) is 0 Å². The Balaban J connectivity index is 2.93. The second kappa shape index (κ2) is 6.45. The van der Waals surface area contributed by atoms with Gasteiger partial charge < -0.3 is 5.11 Å². The van der Waals surface area contributed by atoms with E-state index in [0.717, 1.165) is 12.1 Å². The number of sulfonamides is 1. The zero-order valence-electron chi connectivity index (χ0n) is 10.6. The van der Waals surface area contributed by atoms with Crippen LogP contribution in [-0.4, -0.2) is 26.0 Å². The Kier molecular flexibility index (Phi) is 5.19. The summed E-state index contributed by atoms with van der Waals surface area (Å²) in [5.74, 6) is -2.39. The van der Waals surface area contributed by atoms with E-state index in [-0.39, 0.29) is 13.0 Å². The van der Waals surface area contributed by atoms with E-state index in [1.54, 1.807) is 6.92 Å². The molecule has 1 aromatic carbocycles. The number of halogens is 1. The summed E-state index contributed by atoms with van der Waals surface area (Å²) in [4.78, 5) is 10.0. The second-order valence-electron chi connectivity index (χ2n) is 4.28. The van der Waals surface area contributed by atoms with Gasteiger partial charge in [-0.15, -0.1) is 0 Å². The fourth-order valence-corrected chi connectivity index (χ4v) is 2.87. The highest BCUT2D eigenvalue weighted by Crippen LogP contribution is 2.18. The number of hydrogen-bond donors (Lipinski definition) is 2. The van der Waals surface area contributed by atoms with Gasteiger partial charge in [-0.05, 0) is 18.1 Å². The number of rotatable bonds is 6. The van der Waals surface area contributed by atoms with Gasteiger partial charge in [0.15, 0.2) is 0 Å². The molecule has 0 fully saturated rings. The molecule has 0 aromatic heterocycles. The zero-order valence-corrected chi connectivity index (χ0v) is 11.4. The molecule has 0 amide bonds. The van der Waals surface area contributed by atoms with Crippen molar-refractivity contribution in [3.8, 4) is 6.07 Å². The molecule has 0 aliphatic rings. The Morgan fingerprint density at radius 3 is 2.75 bits per heavy atom. The molecule has 8 heteroatoms. The summed E-state index contributed by atoms with van der Waals surface area (Å²) in [5, 5.41) is 17.4. The van der Waals surface area contributed by atoms with Crippen molar-refractivity contribution in [1.82, 2.24) is 4.72 Å². The number of carbonyl (C=O) groups is 1. The number of carboxylic acids is 1. The van der Waals surface area contributed by atoms with Gasteiger partial charge >= 0.3 is 5.97 Å². The minimum Gasteiger partial charge on any atom is -0.481 e. The molecule has 1 rings (SSSR count). The molecule has 2 N–H and O–H groups in total. The lowest BCUT2D eigenvalue weighted by Gasteiger charge is -2.12. The van der Waals surface area contributed by atoms with Crippen LogP contribution in [0.15, 0.2) is 23.1 Å². The van der Waals surface area contributed by atoms with E-state index in [4.69, 9.17) is 10.4 Å². The Labute approximate surface area is 115 Å². The third kappa shape index (κ3) is 4.01. The van der Waals surface area contributed by atoms with Gasteiger partial charge in [0.05, 0.1) is 0 Å². The Bertz CT molecular complexity index is 652. The highest BCUT2D eigenvalue weighted by atomic mass is 32.2. The van der Waals surface area contributed by atoms with E-state index in [9.17, 15) is 17.6 Å². The van der Waals surface area contributed by atoms with Crippen molar-refractivity contribution in [1.29, 1.82) is 5.26 Å². The van der Waals surface area contributed by atoms with Crippen LogP contribution in [0.2, 0.25) is 0 Å². The van der Waals surface area contributed by atoms with E-state index in [1.165, 1.54) is 12.1 Å². The Morgan fingerprint density at radius 1 is 1.55 bits per heavy atom. The van der Waals surface area contributed by atoms with Crippen molar-refractivity contribution < 1.29 is 22.7 Å². The summed E-state index contributed by atoms with van der Waals surface area (Å²) >= 11 is 0. The van der Waals surface area contributed by atoms with E-state index in [2.05, 4.69) is 4.72 Å². The first kappa shape index (κ1) is 16.1. The molecule has 0 heterocycles. The fraction of sp³-hybridized carbons (Fsp3) is 0.333. The molecule has 108 valence electrons. The van der Waals surface area contributed by atoms with Crippen molar-refractivity contribution in [2.45, 2.75) is 18.2 Å². The van der Waals surface area contributed by atoms with Crippen LogP contribution in [0.5, 0.6) is 0 Å². The number of nitrogens with zero attached hydrogens (tertiary/aromatic N) is 1. The van der Waals surface area contributed by atoms with E-state index in [0.29, 0.717) is 0 Å². The predicted octanol–water partition coefficient (Wildman–Crippen LogP) is 1.09. The minimum absolute atomic E-state index is 0.115. The first-order valence-corrected chi connectivity index (χ1v) is 7.16. The van der Waals surface area contributed by atoms with Gasteiger partial charge in [-0.25, -0.2) is 17.5 Å². The largest absolute Gasteiger partial charge is 0.481 e. The molecule has 0 saturated heterocycles. The molecule has 0 aliphatic heterocycles. The zero-order chi connectivity index (χ0) is 15.3. The maximum atomic E-state index is 13.4. The Hall–Kier alpha value is -1.98. The molecular weight excluding hydrogens is 287 g/mol. The van der Waals surface area contributed by atoms with Crippen molar-refractivity contribution in [3.63, 3.8) is 0 Å². The van der Waals surface area contributed by atoms with Crippen LogP contribution in [0, 0.1) is 23.1 Å². The first-order chi connectivity index (χ1) is 9.27. The third-order valence-electron chi connectivity index (χ3n) is 2.52. The highest BCUT2D eigenvalue weighted by Gasteiger charge is 2.22. The molecule has 1 atom stereocenters. The number of benzene rings is 1. The molecule has 6 nitrogen and oxygen atoms in total. The number of nitrogens with one attached hydrogen (secondary N) is 1. The topological polar surface area (TPSA) is 107 Å². The smallest absolute Gasteiger partial charge is 0.303 e. The molecule has 0 radical (unpaired) electrons. The van der Waals surface area contributed by atoms with Crippen molar-refractivity contribution >= 4 is 16.0 Å². The van der Waals surface area contributed by atoms with Gasteiger partial charge in [0, 0.05) is 13.0 Å². The summed E-state index contributed by atoms with van der Waals surface area (Å²) in [6.45, 7) is 1.45. The number of hydrogen-bond acceptors (Lipinski definition) is 4. The SMILES string of the molecule is CC(CNS(=O)(=O)c1cccc(F)c1C#N)CC(=O)O. The lowest BCUT2D eigenvalue weighted by atomic mass is 10.1. The van der Waals surface area contributed by atoms with Crippen LogP contribution in [0.4, 0.5) is 4.39 Å². The lowest BCUT2D eigenvalue weighted by Crippen LogP contribution is -2.30. The average Bonchev–Trinajstić information content (AvgIpc) is 2.35. The second-order valence-corrected chi connectivity index (χ2v) is 6.02. The van der Waals surface area contributed by atoms with Crippen molar-refractivity contribution in [2.75, 3.05) is 6.54 Å². The third-order valence-corrected chi connectivity index (χ3v) is 3.99. The Morgan fingerprint density at radius 2 is 2.20 bits per heavy atom. The van der Waals surface area contributed by atoms with Crippen LogP contribution in [0.25, 0.3) is 0 Å². The van der Waals surface area contributed by atoms with Gasteiger partial charge in [0.25, 0.3) is 0 Å². The molecule has 1 aromatic rings. The molecule has 0 bridgehead atoms.